The molecule has 126 valence electrons. The van der Waals surface area contributed by atoms with Crippen LogP contribution >= 0.6 is 11.6 Å². The monoisotopic (exact) mass is 354 g/mol. The van der Waals surface area contributed by atoms with Crippen LogP contribution in [0.15, 0.2) is 54.6 Å². The predicted octanol–water partition coefficient (Wildman–Crippen LogP) is 3.46. The number of ether oxygens (including phenoxy) is 2. The van der Waals surface area contributed by atoms with Crippen molar-refractivity contribution in [3.63, 3.8) is 0 Å². The summed E-state index contributed by atoms with van der Waals surface area (Å²) in [6.45, 7) is 0.719. The molecule has 2 aromatic carbocycles. The zero-order valence-electron chi connectivity index (χ0n) is 13.2. The van der Waals surface area contributed by atoms with Gasteiger partial charge in [-0.3, -0.25) is 4.79 Å². The van der Waals surface area contributed by atoms with Crippen molar-refractivity contribution in [3.05, 3.63) is 65.3 Å². The Labute approximate surface area is 149 Å². The van der Waals surface area contributed by atoms with E-state index >= 15 is 0 Å². The van der Waals surface area contributed by atoms with E-state index in [1.54, 1.807) is 6.07 Å². The van der Waals surface area contributed by atoms with Gasteiger partial charge in [-0.25, -0.2) is 4.98 Å². The molecular weight excluding hydrogens is 340 g/mol. The third-order valence-electron chi connectivity index (χ3n) is 3.99. The largest absolute Gasteiger partial charge is 0.486 e. The van der Waals surface area contributed by atoms with Crippen molar-refractivity contribution >= 4 is 28.4 Å². The van der Waals surface area contributed by atoms with Gasteiger partial charge in [0, 0.05) is 5.39 Å². The van der Waals surface area contributed by atoms with Gasteiger partial charge in [0.15, 0.2) is 11.5 Å². The molecule has 1 atom stereocenters. The van der Waals surface area contributed by atoms with Gasteiger partial charge >= 0.3 is 0 Å². The highest BCUT2D eigenvalue weighted by atomic mass is 35.5. The number of hydrogen-bond acceptors (Lipinski definition) is 4. The molecule has 25 heavy (non-hydrogen) atoms. The van der Waals surface area contributed by atoms with Gasteiger partial charge in [-0.15, -0.1) is 0 Å². The number of halogens is 1. The van der Waals surface area contributed by atoms with Crippen LogP contribution in [0.2, 0.25) is 5.15 Å². The first kappa shape index (κ1) is 15.7. The maximum absolute atomic E-state index is 12.6. The molecule has 4 rings (SSSR count). The van der Waals surface area contributed by atoms with Crippen LogP contribution in [0, 0.1) is 0 Å². The summed E-state index contributed by atoms with van der Waals surface area (Å²) >= 11 is 6.04. The molecule has 0 spiro atoms. The average Bonchev–Trinajstić information content (AvgIpc) is 2.65. The van der Waals surface area contributed by atoms with E-state index in [2.05, 4.69) is 10.3 Å². The lowest BCUT2D eigenvalue weighted by atomic mass is 10.1. The molecule has 1 N–H and O–H groups in total. The number of pyridine rings is 1. The molecule has 0 radical (unpaired) electrons. The topological polar surface area (TPSA) is 60.5 Å². The van der Waals surface area contributed by atoms with E-state index in [0.717, 1.165) is 11.1 Å². The Morgan fingerprint density at radius 3 is 2.80 bits per heavy atom. The minimum absolute atomic E-state index is 0.219. The number of para-hydroxylation sites is 3. The van der Waals surface area contributed by atoms with Crippen LogP contribution in [0.3, 0.4) is 0 Å². The fraction of sp³-hybridized carbons (Fsp3) is 0.158. The Morgan fingerprint density at radius 2 is 1.92 bits per heavy atom. The van der Waals surface area contributed by atoms with Crippen molar-refractivity contribution in [2.24, 2.45) is 0 Å². The lowest BCUT2D eigenvalue weighted by Gasteiger charge is -2.26. The molecule has 2 heterocycles. The molecule has 3 aromatic rings. The molecule has 0 fully saturated rings. The van der Waals surface area contributed by atoms with Crippen LogP contribution < -0.4 is 14.8 Å². The van der Waals surface area contributed by atoms with Gasteiger partial charge in [-0.2, -0.15) is 0 Å². The lowest BCUT2D eigenvalue weighted by Crippen LogP contribution is -2.40. The van der Waals surface area contributed by atoms with Crippen molar-refractivity contribution < 1.29 is 14.3 Å². The summed E-state index contributed by atoms with van der Waals surface area (Å²) in [4.78, 5) is 16.8. The molecule has 0 unspecified atom stereocenters. The number of fused-ring (bicyclic) bond motifs is 2. The van der Waals surface area contributed by atoms with Gasteiger partial charge in [0.05, 0.1) is 17.6 Å². The highest BCUT2D eigenvalue weighted by Crippen LogP contribution is 2.30. The van der Waals surface area contributed by atoms with E-state index < -0.39 is 0 Å². The highest BCUT2D eigenvalue weighted by molar-refractivity contribution is 6.30. The second-order valence-electron chi connectivity index (χ2n) is 5.72. The second-order valence-corrected chi connectivity index (χ2v) is 6.10. The van der Waals surface area contributed by atoms with Crippen molar-refractivity contribution in [2.45, 2.75) is 6.10 Å². The molecule has 1 amide bonds. The van der Waals surface area contributed by atoms with Crippen molar-refractivity contribution in [1.82, 2.24) is 10.3 Å². The summed E-state index contributed by atoms with van der Waals surface area (Å²) < 4.78 is 11.5. The lowest BCUT2D eigenvalue weighted by molar-refractivity contribution is 0.0790. The maximum Gasteiger partial charge on any atom is 0.252 e. The fourth-order valence-corrected chi connectivity index (χ4v) is 3.00. The first-order chi connectivity index (χ1) is 12.2. The minimum Gasteiger partial charge on any atom is -0.486 e. The number of amides is 1. The summed E-state index contributed by atoms with van der Waals surface area (Å²) in [5.41, 5.74) is 1.18. The molecule has 1 aliphatic heterocycles. The molecule has 0 bridgehead atoms. The first-order valence-electron chi connectivity index (χ1n) is 7.93. The molecule has 0 saturated carbocycles. The number of carbonyl (C=O) groups excluding carboxylic acids is 1. The Bertz CT molecular complexity index is 945. The number of benzene rings is 2. The van der Waals surface area contributed by atoms with Crippen LogP contribution in [-0.4, -0.2) is 30.1 Å². The Morgan fingerprint density at radius 1 is 1.16 bits per heavy atom. The van der Waals surface area contributed by atoms with E-state index in [1.165, 1.54) is 0 Å². The van der Waals surface area contributed by atoms with Gasteiger partial charge in [0.25, 0.3) is 5.91 Å². The van der Waals surface area contributed by atoms with Crippen LogP contribution in [0.25, 0.3) is 10.9 Å². The van der Waals surface area contributed by atoms with Gasteiger partial charge in [0.2, 0.25) is 0 Å². The van der Waals surface area contributed by atoms with Crippen LogP contribution in [0.5, 0.6) is 11.5 Å². The maximum atomic E-state index is 12.6. The second kappa shape index (κ2) is 6.61. The van der Waals surface area contributed by atoms with Crippen molar-refractivity contribution in [3.8, 4) is 11.5 Å². The number of carbonyl (C=O) groups is 1. The summed E-state index contributed by atoms with van der Waals surface area (Å²) in [5.74, 6) is 1.19. The van der Waals surface area contributed by atoms with Crippen LogP contribution in [-0.2, 0) is 0 Å². The molecule has 0 aliphatic carbocycles. The van der Waals surface area contributed by atoms with E-state index in [0.29, 0.717) is 30.0 Å². The number of nitrogens with one attached hydrogen (secondary N) is 1. The van der Waals surface area contributed by atoms with E-state index in [1.807, 2.05) is 48.5 Å². The summed E-state index contributed by atoms with van der Waals surface area (Å²) in [5, 5.41) is 3.94. The van der Waals surface area contributed by atoms with Crippen molar-refractivity contribution in [1.29, 1.82) is 0 Å². The van der Waals surface area contributed by atoms with Gasteiger partial charge in [0.1, 0.15) is 17.9 Å². The number of nitrogens with zero attached hydrogens (tertiary/aromatic N) is 1. The molecule has 6 heteroatoms. The smallest absolute Gasteiger partial charge is 0.252 e. The Kier molecular flexibility index (Phi) is 4.15. The quantitative estimate of drug-likeness (QED) is 0.732. The Hall–Kier alpha value is -2.79. The minimum atomic E-state index is -0.248. The highest BCUT2D eigenvalue weighted by Gasteiger charge is 2.22. The van der Waals surface area contributed by atoms with Gasteiger partial charge in [-0.1, -0.05) is 41.9 Å². The summed E-state index contributed by atoms with van der Waals surface area (Å²) in [6, 6.07) is 16.5. The third-order valence-corrected chi connectivity index (χ3v) is 4.18. The Balaban J connectivity index is 1.48. The number of aromatic nitrogens is 1. The number of hydrogen-bond donors (Lipinski definition) is 1. The molecule has 1 aliphatic rings. The van der Waals surface area contributed by atoms with E-state index in [4.69, 9.17) is 21.1 Å². The van der Waals surface area contributed by atoms with Gasteiger partial charge in [-0.05, 0) is 24.3 Å². The van der Waals surface area contributed by atoms with Crippen molar-refractivity contribution in [2.75, 3.05) is 13.2 Å². The third kappa shape index (κ3) is 3.23. The molecule has 5 nitrogen and oxygen atoms in total. The van der Waals surface area contributed by atoms with E-state index in [-0.39, 0.29) is 17.2 Å². The van der Waals surface area contributed by atoms with Crippen LogP contribution in [0.1, 0.15) is 10.4 Å². The summed E-state index contributed by atoms with van der Waals surface area (Å²) in [6.07, 6.45) is -0.248. The number of rotatable bonds is 3. The zero-order valence-corrected chi connectivity index (χ0v) is 14.0. The normalized spacial score (nSPS) is 15.8. The zero-order chi connectivity index (χ0) is 17.2. The predicted molar refractivity (Wildman–Crippen MR) is 95.4 cm³/mol. The van der Waals surface area contributed by atoms with Crippen LogP contribution in [0.4, 0.5) is 0 Å². The molecular formula is C19H15ClN2O3. The summed E-state index contributed by atoms with van der Waals surface area (Å²) in [7, 11) is 0. The standard InChI is InChI=1S/C19H15ClN2O3/c20-18-9-14(13-5-1-2-6-15(13)22-18)19(23)21-10-12-11-24-16-7-3-4-8-17(16)25-12/h1-9,12H,10-11H2,(H,21,23)/t12-/m1/s1. The first-order valence-corrected chi connectivity index (χ1v) is 8.30. The molecule has 0 saturated heterocycles. The van der Waals surface area contributed by atoms with Gasteiger partial charge < -0.3 is 14.8 Å². The molecule has 1 aromatic heterocycles. The SMILES string of the molecule is O=C(NC[C@@H]1COc2ccccc2O1)c1cc(Cl)nc2ccccc12. The average molecular weight is 355 g/mol. The fourth-order valence-electron chi connectivity index (χ4n) is 2.80. The van der Waals surface area contributed by atoms with E-state index in [9.17, 15) is 4.79 Å².